The van der Waals surface area contributed by atoms with Crippen LogP contribution in [0.3, 0.4) is 0 Å². The third-order valence-corrected chi connectivity index (χ3v) is 3.87. The molecule has 4 N–H and O–H groups in total. The van der Waals surface area contributed by atoms with E-state index in [1.54, 1.807) is 19.1 Å². The molecule has 0 fully saturated rings. The minimum Gasteiger partial charge on any atom is -0.369 e. The molecule has 1 heterocycles. The molecule has 19 heavy (non-hydrogen) atoms. The van der Waals surface area contributed by atoms with Crippen LogP contribution in [0.2, 0.25) is 5.02 Å². The van der Waals surface area contributed by atoms with Gasteiger partial charge in [0.25, 0.3) is 0 Å². The first-order valence-electron chi connectivity index (χ1n) is 5.42. The quantitative estimate of drug-likeness (QED) is 0.654. The van der Waals surface area contributed by atoms with Gasteiger partial charge in [0.1, 0.15) is 0 Å². The molecule has 0 radical (unpaired) electrons. The molecule has 2 rings (SSSR count). The number of carbonyl (C=O) groups is 1. The monoisotopic (exact) mass is 297 g/mol. The Morgan fingerprint density at radius 3 is 2.74 bits per heavy atom. The lowest BCUT2D eigenvalue weighted by Gasteiger charge is -2.07. The van der Waals surface area contributed by atoms with Crippen molar-refractivity contribution in [3.05, 3.63) is 29.3 Å². The van der Waals surface area contributed by atoms with E-state index in [1.165, 1.54) is 4.68 Å². The Balaban J connectivity index is 2.34. The summed E-state index contributed by atoms with van der Waals surface area (Å²) in [4.78, 5) is 11.0. The number of hydrogen-bond acceptors (Lipinski definition) is 5. The summed E-state index contributed by atoms with van der Waals surface area (Å²) in [5.41, 5.74) is 5.88. The van der Waals surface area contributed by atoms with Crippen molar-refractivity contribution in [1.29, 1.82) is 0 Å². The highest BCUT2D eigenvalue weighted by Gasteiger charge is 2.18. The lowest BCUT2D eigenvalue weighted by Crippen LogP contribution is -2.23. The van der Waals surface area contributed by atoms with E-state index >= 15 is 0 Å². The van der Waals surface area contributed by atoms with Crippen LogP contribution in [0.4, 0.5) is 0 Å². The molecule has 0 unspecified atom stereocenters. The second-order valence-corrected chi connectivity index (χ2v) is 5.53. The summed E-state index contributed by atoms with van der Waals surface area (Å²) in [5, 5.41) is 8.42. The van der Waals surface area contributed by atoms with Crippen LogP contribution in [-0.4, -0.2) is 26.0 Å². The number of nitrogens with zero attached hydrogens (tertiary/aromatic N) is 3. The Hall–Kier alpha value is -1.73. The van der Waals surface area contributed by atoms with E-state index < -0.39 is 11.2 Å². The molecule has 0 spiro atoms. The second-order valence-electron chi connectivity index (χ2n) is 3.82. The summed E-state index contributed by atoms with van der Waals surface area (Å²) < 4.78 is 1.30. The van der Waals surface area contributed by atoms with Crippen molar-refractivity contribution < 1.29 is 4.79 Å². The van der Waals surface area contributed by atoms with Gasteiger partial charge in [0, 0.05) is 5.56 Å². The summed E-state index contributed by atoms with van der Waals surface area (Å²) in [5.74, 6) is 5.91. The maximum Gasteiger partial charge on any atom is 0.230 e. The second kappa shape index (κ2) is 5.50. The maximum atomic E-state index is 11.0. The van der Waals surface area contributed by atoms with Crippen molar-refractivity contribution in [2.45, 2.75) is 17.3 Å². The van der Waals surface area contributed by atoms with E-state index in [-0.39, 0.29) is 0 Å². The third kappa shape index (κ3) is 2.82. The van der Waals surface area contributed by atoms with Gasteiger partial charge in [-0.3, -0.25) is 4.79 Å². The fourth-order valence-corrected chi connectivity index (χ4v) is 2.34. The molecule has 0 saturated carbocycles. The van der Waals surface area contributed by atoms with Crippen LogP contribution in [0, 0.1) is 0 Å². The van der Waals surface area contributed by atoms with Crippen molar-refractivity contribution >= 4 is 29.3 Å². The minimum atomic E-state index is -0.439. The summed E-state index contributed by atoms with van der Waals surface area (Å²) in [6.07, 6.45) is 0. The van der Waals surface area contributed by atoms with Crippen molar-refractivity contribution in [2.24, 2.45) is 5.73 Å². The SMILES string of the molecule is C[C@@H](Sc1nnc(-c2ccccc2Cl)n1N)C(N)=O. The third-order valence-electron chi connectivity index (χ3n) is 2.46. The minimum absolute atomic E-state index is 0.404. The molecule has 0 aliphatic carbocycles. The van der Waals surface area contributed by atoms with Gasteiger partial charge >= 0.3 is 0 Å². The molecular weight excluding hydrogens is 286 g/mol. The zero-order valence-electron chi connectivity index (χ0n) is 10.1. The number of hydrogen-bond donors (Lipinski definition) is 2. The Labute approximate surface area is 119 Å². The predicted octanol–water partition coefficient (Wildman–Crippen LogP) is 1.28. The van der Waals surface area contributed by atoms with Crippen molar-refractivity contribution in [1.82, 2.24) is 14.9 Å². The highest BCUT2D eigenvalue weighted by atomic mass is 35.5. The fourth-order valence-electron chi connectivity index (χ4n) is 1.40. The smallest absolute Gasteiger partial charge is 0.230 e. The number of nitrogens with two attached hydrogens (primary N) is 2. The van der Waals surface area contributed by atoms with E-state index in [1.807, 2.05) is 12.1 Å². The Bertz CT molecular complexity index is 615. The van der Waals surface area contributed by atoms with Crippen LogP contribution in [0.25, 0.3) is 11.4 Å². The first-order chi connectivity index (χ1) is 9.00. The lowest BCUT2D eigenvalue weighted by molar-refractivity contribution is -0.117. The molecule has 0 saturated heterocycles. The van der Waals surface area contributed by atoms with Crippen molar-refractivity contribution in [3.8, 4) is 11.4 Å². The zero-order chi connectivity index (χ0) is 14.0. The van der Waals surface area contributed by atoms with Crippen LogP contribution in [0.1, 0.15) is 6.92 Å². The summed E-state index contributed by atoms with van der Waals surface area (Å²) in [6, 6.07) is 7.18. The zero-order valence-corrected chi connectivity index (χ0v) is 11.6. The Kier molecular flexibility index (Phi) is 3.96. The standard InChI is InChI=1S/C11H12ClN5OS/c1-6(9(13)18)19-11-16-15-10(17(11)14)7-4-2-3-5-8(7)12/h2-6H,14H2,1H3,(H2,13,18)/t6-/m1/s1. The molecule has 1 aromatic carbocycles. The van der Waals surface area contributed by atoms with Crippen LogP contribution >= 0.6 is 23.4 Å². The van der Waals surface area contributed by atoms with E-state index in [4.69, 9.17) is 23.2 Å². The average Bonchev–Trinajstić information content (AvgIpc) is 2.72. The molecule has 0 aliphatic heterocycles. The van der Waals surface area contributed by atoms with Crippen LogP contribution in [0.15, 0.2) is 29.4 Å². The number of rotatable bonds is 4. The van der Waals surface area contributed by atoms with Gasteiger partial charge < -0.3 is 11.6 Å². The summed E-state index contributed by atoms with van der Waals surface area (Å²) >= 11 is 7.22. The molecule has 100 valence electrons. The van der Waals surface area contributed by atoms with Gasteiger partial charge in [0.05, 0.1) is 10.3 Å². The highest BCUT2D eigenvalue weighted by Crippen LogP contribution is 2.28. The number of carbonyl (C=O) groups excluding carboxylic acids is 1. The molecule has 6 nitrogen and oxygen atoms in total. The first-order valence-corrected chi connectivity index (χ1v) is 6.68. The van der Waals surface area contributed by atoms with Crippen molar-refractivity contribution in [3.63, 3.8) is 0 Å². The van der Waals surface area contributed by atoms with Gasteiger partial charge in [-0.15, -0.1) is 10.2 Å². The van der Waals surface area contributed by atoms with E-state index in [0.717, 1.165) is 11.8 Å². The number of halogens is 1. The van der Waals surface area contributed by atoms with E-state index in [9.17, 15) is 4.79 Å². The Morgan fingerprint density at radius 2 is 2.11 bits per heavy atom. The molecule has 8 heteroatoms. The van der Waals surface area contributed by atoms with Gasteiger partial charge in [-0.2, -0.15) is 0 Å². The first kappa shape index (κ1) is 13.7. The van der Waals surface area contributed by atoms with E-state index in [0.29, 0.717) is 21.6 Å². The average molecular weight is 298 g/mol. The van der Waals surface area contributed by atoms with Gasteiger partial charge in [-0.25, -0.2) is 4.68 Å². The molecule has 1 aromatic heterocycles. The molecule has 1 amide bonds. The van der Waals surface area contributed by atoms with E-state index in [2.05, 4.69) is 10.2 Å². The number of nitrogen functional groups attached to an aromatic ring is 1. The van der Waals surface area contributed by atoms with Gasteiger partial charge in [0.2, 0.25) is 11.1 Å². The number of thioether (sulfide) groups is 1. The van der Waals surface area contributed by atoms with Gasteiger partial charge in [-0.05, 0) is 19.1 Å². The largest absolute Gasteiger partial charge is 0.369 e. The predicted molar refractivity (Wildman–Crippen MR) is 75.1 cm³/mol. The van der Waals surface area contributed by atoms with Gasteiger partial charge in [0.15, 0.2) is 5.82 Å². The lowest BCUT2D eigenvalue weighted by atomic mass is 10.2. The maximum absolute atomic E-state index is 11.0. The van der Waals surface area contributed by atoms with Gasteiger partial charge in [-0.1, -0.05) is 35.5 Å². The van der Waals surface area contributed by atoms with Crippen molar-refractivity contribution in [2.75, 3.05) is 5.84 Å². The summed E-state index contributed by atoms with van der Waals surface area (Å²) in [7, 11) is 0. The molecule has 0 aliphatic rings. The molecule has 1 atom stereocenters. The molecule has 2 aromatic rings. The normalized spacial score (nSPS) is 12.3. The topological polar surface area (TPSA) is 99.8 Å². The number of amides is 1. The molecule has 0 bridgehead atoms. The Morgan fingerprint density at radius 1 is 1.42 bits per heavy atom. The molecular formula is C11H12ClN5OS. The fraction of sp³-hybridized carbons (Fsp3) is 0.182. The summed E-state index contributed by atoms with van der Waals surface area (Å²) in [6.45, 7) is 1.68. The number of primary amides is 1. The number of benzene rings is 1. The van der Waals surface area contributed by atoms with Crippen LogP contribution < -0.4 is 11.6 Å². The van der Waals surface area contributed by atoms with Crippen LogP contribution in [0.5, 0.6) is 0 Å². The van der Waals surface area contributed by atoms with Crippen LogP contribution in [-0.2, 0) is 4.79 Å². The number of aromatic nitrogens is 3. The highest BCUT2D eigenvalue weighted by molar-refractivity contribution is 8.00.